The molecule has 0 aromatic heterocycles. The predicted molar refractivity (Wildman–Crippen MR) is 175 cm³/mol. The number of benzene rings is 3. The Kier molecular flexibility index (Phi) is 12.4. The smallest absolute Gasteiger partial charge is 0.365 e. The van der Waals surface area contributed by atoms with E-state index >= 15 is 0 Å². The van der Waals surface area contributed by atoms with Crippen LogP contribution >= 0.6 is 0 Å². The molecule has 0 spiro atoms. The number of aliphatic carboxylic acids is 1. The Morgan fingerprint density at radius 1 is 0.635 bits per heavy atom. The van der Waals surface area contributed by atoms with Crippen molar-refractivity contribution in [3.05, 3.63) is 89.5 Å². The van der Waals surface area contributed by atoms with Crippen molar-refractivity contribution in [2.75, 3.05) is 7.11 Å². The van der Waals surface area contributed by atoms with Gasteiger partial charge in [0.15, 0.2) is 46.2 Å². The number of methoxy groups -OCH3 is 1. The standard InChI is InChI=1S/C35H32O17/c1-47-27-16-21(4-10-24(27)38)7-13-32(43)51-52-33-28(48-30(41)11-5-19-2-8-22(36)25(39)14-19)17-35(46,34(44)45)18-29(33)49-50-31(42)12-6-20-3-9-23(37)26(40)15-20/h2-16,28-29,33,36-40,46H,17-18H2,1H3,(H,44,45)/t28-,29-,33-,35-/m0/s1. The number of carboxylic acid groups (broad SMARTS) is 1. The summed E-state index contributed by atoms with van der Waals surface area (Å²) < 4.78 is 10.4. The van der Waals surface area contributed by atoms with Gasteiger partial charge in [-0.2, -0.15) is 9.78 Å². The molecule has 17 heteroatoms. The highest BCUT2D eigenvalue weighted by Gasteiger charge is 2.54. The van der Waals surface area contributed by atoms with Crippen molar-refractivity contribution < 1.29 is 83.9 Å². The minimum absolute atomic E-state index is 0.117. The Morgan fingerprint density at radius 2 is 1.10 bits per heavy atom. The van der Waals surface area contributed by atoms with Crippen molar-refractivity contribution in [3.63, 3.8) is 0 Å². The zero-order valence-corrected chi connectivity index (χ0v) is 27.0. The zero-order chi connectivity index (χ0) is 38.0. The van der Waals surface area contributed by atoms with Crippen LogP contribution in [0.25, 0.3) is 18.2 Å². The lowest BCUT2D eigenvalue weighted by Gasteiger charge is -2.40. The molecular weight excluding hydrogens is 692 g/mol. The van der Waals surface area contributed by atoms with Gasteiger partial charge in [0.05, 0.1) is 7.11 Å². The molecule has 7 N–H and O–H groups in total. The van der Waals surface area contributed by atoms with E-state index in [1.807, 2.05) is 0 Å². The first-order valence-electron chi connectivity index (χ1n) is 15.0. The minimum Gasteiger partial charge on any atom is -0.504 e. The van der Waals surface area contributed by atoms with Crippen LogP contribution in [0.2, 0.25) is 0 Å². The first kappa shape index (κ1) is 38.2. The summed E-state index contributed by atoms with van der Waals surface area (Å²) in [6.07, 6.45) is -0.557. The van der Waals surface area contributed by atoms with E-state index in [0.717, 1.165) is 42.5 Å². The molecule has 4 atom stereocenters. The number of ether oxygens (including phenoxy) is 2. The monoisotopic (exact) mass is 724 g/mol. The van der Waals surface area contributed by atoms with Gasteiger partial charge >= 0.3 is 23.9 Å². The summed E-state index contributed by atoms with van der Waals surface area (Å²) in [5.74, 6) is -6.98. The van der Waals surface area contributed by atoms with Crippen molar-refractivity contribution in [2.45, 2.75) is 36.8 Å². The number of phenolic OH excluding ortho intramolecular Hbond substituents is 5. The van der Waals surface area contributed by atoms with Crippen LogP contribution in [-0.2, 0) is 43.5 Å². The molecule has 0 heterocycles. The maximum absolute atomic E-state index is 12.9. The Hall–Kier alpha value is -6.56. The molecule has 1 saturated carbocycles. The van der Waals surface area contributed by atoms with Crippen molar-refractivity contribution >= 4 is 42.1 Å². The van der Waals surface area contributed by atoms with Crippen LogP contribution in [0.5, 0.6) is 34.5 Å². The minimum atomic E-state index is -2.64. The number of hydrogen-bond donors (Lipinski definition) is 7. The molecule has 1 aliphatic carbocycles. The molecule has 0 bridgehead atoms. The predicted octanol–water partition coefficient (Wildman–Crippen LogP) is 2.87. The Morgan fingerprint density at radius 3 is 1.60 bits per heavy atom. The van der Waals surface area contributed by atoms with Crippen molar-refractivity contribution in [1.29, 1.82) is 0 Å². The molecule has 0 radical (unpaired) electrons. The Balaban J connectivity index is 1.55. The highest BCUT2D eigenvalue weighted by Crippen LogP contribution is 2.35. The van der Waals surface area contributed by atoms with Gasteiger partial charge in [0.1, 0.15) is 12.2 Å². The van der Waals surface area contributed by atoms with Crippen LogP contribution in [0.3, 0.4) is 0 Å². The summed E-state index contributed by atoms with van der Waals surface area (Å²) in [5, 5.41) is 68.9. The molecule has 17 nitrogen and oxygen atoms in total. The maximum Gasteiger partial charge on any atom is 0.365 e. The summed E-state index contributed by atoms with van der Waals surface area (Å²) in [7, 11) is 1.32. The fourth-order valence-electron chi connectivity index (χ4n) is 4.75. The lowest BCUT2D eigenvalue weighted by molar-refractivity contribution is -0.381. The second-order valence-electron chi connectivity index (χ2n) is 11.1. The summed E-state index contributed by atoms with van der Waals surface area (Å²) in [6, 6.07) is 11.5. The first-order valence-corrected chi connectivity index (χ1v) is 15.0. The number of esters is 1. The molecule has 3 aromatic rings. The fourth-order valence-corrected chi connectivity index (χ4v) is 4.75. The highest BCUT2D eigenvalue weighted by molar-refractivity contribution is 5.88. The average molecular weight is 725 g/mol. The summed E-state index contributed by atoms with van der Waals surface area (Å²) in [6.45, 7) is 0. The SMILES string of the molecule is COc1cc(C=CC(=O)OO[C@@H]2[C@@H](OOC(=O)C=Cc3ccc(O)c(O)c3)C[C@](O)(C(=O)O)C[C@@H]2OC(=O)C=Cc2ccc(O)c(O)c2)ccc1O. The molecule has 0 amide bonds. The second kappa shape index (κ2) is 16.9. The Bertz CT molecular complexity index is 1900. The van der Waals surface area contributed by atoms with Gasteiger partial charge in [0.2, 0.25) is 0 Å². The molecule has 4 rings (SSSR count). The highest BCUT2D eigenvalue weighted by atomic mass is 17.2. The number of aliphatic hydroxyl groups is 1. The number of rotatable bonds is 13. The van der Waals surface area contributed by atoms with Crippen molar-refractivity contribution in [3.8, 4) is 34.5 Å². The van der Waals surface area contributed by atoms with Crippen LogP contribution in [0.4, 0.5) is 0 Å². The van der Waals surface area contributed by atoms with E-state index in [4.69, 9.17) is 29.0 Å². The first-order chi connectivity index (χ1) is 24.7. The van der Waals surface area contributed by atoms with E-state index in [9.17, 15) is 54.9 Å². The van der Waals surface area contributed by atoms with E-state index < -0.39 is 83.6 Å². The molecule has 274 valence electrons. The largest absolute Gasteiger partial charge is 0.504 e. The number of carboxylic acids is 1. The molecular formula is C35H32O17. The number of carbonyl (C=O) groups excluding carboxylic acids is 3. The third-order valence-corrected chi connectivity index (χ3v) is 7.41. The van der Waals surface area contributed by atoms with E-state index in [1.165, 1.54) is 55.7 Å². The molecule has 3 aromatic carbocycles. The van der Waals surface area contributed by atoms with E-state index in [-0.39, 0.29) is 22.6 Å². The topological polar surface area (TPSA) is 265 Å². The van der Waals surface area contributed by atoms with E-state index in [2.05, 4.69) is 0 Å². The number of aromatic hydroxyl groups is 5. The lowest BCUT2D eigenvalue weighted by atomic mass is 9.79. The van der Waals surface area contributed by atoms with Crippen LogP contribution in [-0.4, -0.2) is 90.6 Å². The molecule has 52 heavy (non-hydrogen) atoms. The molecule has 0 unspecified atom stereocenters. The zero-order valence-electron chi connectivity index (χ0n) is 27.0. The van der Waals surface area contributed by atoms with Crippen LogP contribution < -0.4 is 4.74 Å². The number of phenols is 5. The summed E-state index contributed by atoms with van der Waals surface area (Å²) >= 11 is 0. The average Bonchev–Trinajstić information content (AvgIpc) is 3.10. The third kappa shape index (κ3) is 10.2. The van der Waals surface area contributed by atoms with Gasteiger partial charge in [-0.3, -0.25) is 9.78 Å². The van der Waals surface area contributed by atoms with Gasteiger partial charge in [-0.15, -0.1) is 0 Å². The third-order valence-electron chi connectivity index (χ3n) is 7.41. The van der Waals surface area contributed by atoms with Gasteiger partial charge in [0, 0.05) is 31.1 Å². The lowest BCUT2D eigenvalue weighted by Crippen LogP contribution is -2.58. The molecule has 0 aliphatic heterocycles. The number of carbonyl (C=O) groups is 4. The normalized spacial score (nSPS) is 20.2. The van der Waals surface area contributed by atoms with E-state index in [0.29, 0.717) is 5.56 Å². The summed E-state index contributed by atoms with van der Waals surface area (Å²) in [5.41, 5.74) is -1.73. The second-order valence-corrected chi connectivity index (χ2v) is 11.1. The van der Waals surface area contributed by atoms with Crippen molar-refractivity contribution in [1.82, 2.24) is 0 Å². The van der Waals surface area contributed by atoms with Crippen molar-refractivity contribution in [2.24, 2.45) is 0 Å². The van der Waals surface area contributed by atoms with Gasteiger partial charge in [0.25, 0.3) is 0 Å². The van der Waals surface area contributed by atoms with Crippen LogP contribution in [0.1, 0.15) is 29.5 Å². The maximum atomic E-state index is 12.9. The fraction of sp³-hybridized carbons (Fsp3) is 0.200. The summed E-state index contributed by atoms with van der Waals surface area (Å²) in [4.78, 5) is 70.1. The Labute approximate surface area is 293 Å². The van der Waals surface area contributed by atoms with Crippen LogP contribution in [0, 0.1) is 0 Å². The molecule has 0 saturated heterocycles. The molecule has 1 aliphatic rings. The van der Waals surface area contributed by atoms with Gasteiger partial charge in [-0.25, -0.2) is 19.2 Å². The quantitative estimate of drug-likeness (QED) is 0.0439. The number of hydrogen-bond acceptors (Lipinski definition) is 16. The molecule has 1 fully saturated rings. The van der Waals surface area contributed by atoms with Gasteiger partial charge in [-0.1, -0.05) is 18.2 Å². The van der Waals surface area contributed by atoms with Crippen LogP contribution in [0.15, 0.2) is 72.8 Å². The van der Waals surface area contributed by atoms with Gasteiger partial charge < -0.3 is 45.2 Å². The van der Waals surface area contributed by atoms with E-state index in [1.54, 1.807) is 0 Å². The van der Waals surface area contributed by atoms with Gasteiger partial charge in [-0.05, 0) is 71.3 Å².